The SMILES string of the molecule is CCC1(CC)CCN(C(C)CNc2ccccc2)C1. The van der Waals surface area contributed by atoms with Gasteiger partial charge in [-0.05, 0) is 50.3 Å². The Kier molecular flexibility index (Phi) is 4.87. The highest BCUT2D eigenvalue weighted by Gasteiger charge is 2.36. The molecule has 1 fully saturated rings. The minimum absolute atomic E-state index is 0.584. The summed E-state index contributed by atoms with van der Waals surface area (Å²) in [7, 11) is 0. The van der Waals surface area contributed by atoms with E-state index in [0.29, 0.717) is 11.5 Å². The van der Waals surface area contributed by atoms with Crippen LogP contribution in [0, 0.1) is 5.41 Å². The van der Waals surface area contributed by atoms with Gasteiger partial charge in [0, 0.05) is 24.8 Å². The van der Waals surface area contributed by atoms with Crippen molar-refractivity contribution in [1.82, 2.24) is 4.90 Å². The number of likely N-dealkylation sites (tertiary alicyclic amines) is 1. The van der Waals surface area contributed by atoms with E-state index in [1.165, 1.54) is 38.0 Å². The highest BCUT2D eigenvalue weighted by atomic mass is 15.2. The molecule has 1 aromatic rings. The van der Waals surface area contributed by atoms with Crippen LogP contribution in [0.5, 0.6) is 0 Å². The van der Waals surface area contributed by atoms with E-state index in [1.807, 2.05) is 0 Å². The van der Waals surface area contributed by atoms with E-state index in [4.69, 9.17) is 0 Å². The average molecular weight is 260 g/mol. The molecule has 2 rings (SSSR count). The van der Waals surface area contributed by atoms with Gasteiger partial charge >= 0.3 is 0 Å². The van der Waals surface area contributed by atoms with E-state index >= 15 is 0 Å². The first-order chi connectivity index (χ1) is 9.19. The zero-order valence-electron chi connectivity index (χ0n) is 12.7. The van der Waals surface area contributed by atoms with Crippen LogP contribution in [0.25, 0.3) is 0 Å². The first-order valence-electron chi connectivity index (χ1n) is 7.72. The summed E-state index contributed by atoms with van der Waals surface area (Å²) < 4.78 is 0. The molecule has 2 heteroatoms. The third-order valence-corrected chi connectivity index (χ3v) is 4.97. The molecule has 1 aromatic carbocycles. The lowest BCUT2D eigenvalue weighted by molar-refractivity contribution is 0.208. The number of para-hydroxylation sites is 1. The Morgan fingerprint density at radius 3 is 2.47 bits per heavy atom. The molecule has 1 heterocycles. The van der Waals surface area contributed by atoms with E-state index < -0.39 is 0 Å². The number of anilines is 1. The van der Waals surface area contributed by atoms with Crippen LogP contribution in [0.4, 0.5) is 5.69 Å². The second-order valence-corrected chi connectivity index (χ2v) is 6.02. The van der Waals surface area contributed by atoms with Crippen molar-refractivity contribution in [2.75, 3.05) is 25.0 Å². The average Bonchev–Trinajstić information content (AvgIpc) is 2.91. The molecule has 1 unspecified atom stereocenters. The summed E-state index contributed by atoms with van der Waals surface area (Å²) in [6.45, 7) is 10.6. The molecule has 2 nitrogen and oxygen atoms in total. The summed E-state index contributed by atoms with van der Waals surface area (Å²) in [6.07, 6.45) is 4.01. The van der Waals surface area contributed by atoms with Gasteiger partial charge in [-0.25, -0.2) is 0 Å². The van der Waals surface area contributed by atoms with Gasteiger partial charge in [-0.15, -0.1) is 0 Å². The van der Waals surface area contributed by atoms with Crippen LogP contribution < -0.4 is 5.32 Å². The van der Waals surface area contributed by atoms with Gasteiger partial charge in [-0.2, -0.15) is 0 Å². The lowest BCUT2D eigenvalue weighted by atomic mass is 9.82. The second-order valence-electron chi connectivity index (χ2n) is 6.02. The molecule has 0 saturated carbocycles. The van der Waals surface area contributed by atoms with Crippen molar-refractivity contribution in [1.29, 1.82) is 0 Å². The lowest BCUT2D eigenvalue weighted by Gasteiger charge is -2.29. The fraction of sp³-hybridized carbons (Fsp3) is 0.647. The predicted octanol–water partition coefficient (Wildman–Crippen LogP) is 4.00. The molecule has 0 radical (unpaired) electrons. The highest BCUT2D eigenvalue weighted by molar-refractivity contribution is 5.42. The quantitative estimate of drug-likeness (QED) is 0.831. The van der Waals surface area contributed by atoms with E-state index in [9.17, 15) is 0 Å². The van der Waals surface area contributed by atoms with Crippen molar-refractivity contribution in [3.05, 3.63) is 30.3 Å². The fourth-order valence-electron chi connectivity index (χ4n) is 3.12. The van der Waals surface area contributed by atoms with Crippen molar-refractivity contribution in [3.63, 3.8) is 0 Å². The number of hydrogen-bond acceptors (Lipinski definition) is 2. The van der Waals surface area contributed by atoms with Crippen molar-refractivity contribution in [3.8, 4) is 0 Å². The minimum atomic E-state index is 0.584. The number of nitrogens with zero attached hydrogens (tertiary/aromatic N) is 1. The van der Waals surface area contributed by atoms with Crippen LogP contribution in [-0.2, 0) is 0 Å². The van der Waals surface area contributed by atoms with Gasteiger partial charge in [0.15, 0.2) is 0 Å². The van der Waals surface area contributed by atoms with Crippen molar-refractivity contribution in [2.24, 2.45) is 5.41 Å². The van der Waals surface area contributed by atoms with Crippen LogP contribution in [0.3, 0.4) is 0 Å². The Balaban J connectivity index is 1.83. The molecular weight excluding hydrogens is 232 g/mol. The van der Waals surface area contributed by atoms with Gasteiger partial charge in [0.1, 0.15) is 0 Å². The molecule has 1 N–H and O–H groups in total. The Morgan fingerprint density at radius 1 is 1.21 bits per heavy atom. The summed E-state index contributed by atoms with van der Waals surface area (Å²) in [5, 5.41) is 3.54. The Labute approximate surface area is 118 Å². The molecule has 0 aliphatic carbocycles. The minimum Gasteiger partial charge on any atom is -0.383 e. The molecule has 0 amide bonds. The predicted molar refractivity (Wildman–Crippen MR) is 83.6 cm³/mol. The molecule has 106 valence electrons. The topological polar surface area (TPSA) is 15.3 Å². The zero-order chi connectivity index (χ0) is 13.7. The van der Waals surface area contributed by atoms with Gasteiger partial charge in [-0.1, -0.05) is 32.0 Å². The molecule has 1 atom stereocenters. The van der Waals surface area contributed by atoms with Crippen LogP contribution in [0.1, 0.15) is 40.0 Å². The number of rotatable bonds is 6. The molecule has 0 aromatic heterocycles. The largest absolute Gasteiger partial charge is 0.383 e. The van der Waals surface area contributed by atoms with Crippen molar-refractivity contribution < 1.29 is 0 Å². The molecule has 1 saturated heterocycles. The van der Waals surface area contributed by atoms with Gasteiger partial charge in [-0.3, -0.25) is 4.90 Å². The second kappa shape index (κ2) is 6.42. The molecule has 19 heavy (non-hydrogen) atoms. The number of benzene rings is 1. The first-order valence-corrected chi connectivity index (χ1v) is 7.72. The summed E-state index contributed by atoms with van der Waals surface area (Å²) in [6, 6.07) is 11.1. The smallest absolute Gasteiger partial charge is 0.0340 e. The summed E-state index contributed by atoms with van der Waals surface area (Å²) in [5.41, 5.74) is 1.81. The van der Waals surface area contributed by atoms with E-state index in [2.05, 4.69) is 61.3 Å². The lowest BCUT2D eigenvalue weighted by Crippen LogP contribution is -2.37. The van der Waals surface area contributed by atoms with E-state index in [0.717, 1.165) is 6.54 Å². The maximum atomic E-state index is 3.54. The molecule has 1 aliphatic heterocycles. The Bertz CT molecular complexity index is 370. The maximum absolute atomic E-state index is 3.54. The summed E-state index contributed by atoms with van der Waals surface area (Å²) in [4.78, 5) is 2.66. The van der Waals surface area contributed by atoms with E-state index in [-0.39, 0.29) is 0 Å². The van der Waals surface area contributed by atoms with Crippen molar-refractivity contribution in [2.45, 2.75) is 46.1 Å². The monoisotopic (exact) mass is 260 g/mol. The highest BCUT2D eigenvalue weighted by Crippen LogP contribution is 2.37. The number of hydrogen-bond donors (Lipinski definition) is 1. The Morgan fingerprint density at radius 2 is 1.89 bits per heavy atom. The third kappa shape index (κ3) is 3.50. The standard InChI is InChI=1S/C17H28N2/c1-4-17(5-2)11-12-19(14-17)15(3)13-18-16-9-7-6-8-10-16/h6-10,15,18H,4-5,11-14H2,1-3H3. The van der Waals surface area contributed by atoms with Gasteiger partial charge in [0.05, 0.1) is 0 Å². The summed E-state index contributed by atoms with van der Waals surface area (Å²) in [5.74, 6) is 0. The first kappa shape index (κ1) is 14.4. The number of nitrogens with one attached hydrogen (secondary N) is 1. The van der Waals surface area contributed by atoms with E-state index in [1.54, 1.807) is 0 Å². The van der Waals surface area contributed by atoms with Gasteiger partial charge in [0.25, 0.3) is 0 Å². The van der Waals surface area contributed by atoms with Crippen LogP contribution in [0.15, 0.2) is 30.3 Å². The summed E-state index contributed by atoms with van der Waals surface area (Å²) >= 11 is 0. The van der Waals surface area contributed by atoms with Gasteiger partial charge < -0.3 is 5.32 Å². The molecule has 1 aliphatic rings. The van der Waals surface area contributed by atoms with Crippen LogP contribution in [-0.4, -0.2) is 30.6 Å². The fourth-order valence-corrected chi connectivity index (χ4v) is 3.12. The third-order valence-electron chi connectivity index (χ3n) is 4.97. The normalized spacial score (nSPS) is 20.4. The van der Waals surface area contributed by atoms with Crippen molar-refractivity contribution >= 4 is 5.69 Å². The van der Waals surface area contributed by atoms with Gasteiger partial charge in [0.2, 0.25) is 0 Å². The molecule has 0 spiro atoms. The maximum Gasteiger partial charge on any atom is 0.0340 e. The van der Waals surface area contributed by atoms with Crippen LogP contribution >= 0.6 is 0 Å². The molecule has 0 bridgehead atoms. The Hall–Kier alpha value is -1.02. The molecular formula is C17H28N2. The zero-order valence-corrected chi connectivity index (χ0v) is 12.7. The van der Waals surface area contributed by atoms with Crippen LogP contribution in [0.2, 0.25) is 0 Å².